The highest BCUT2D eigenvalue weighted by atomic mass is 15.1. The van der Waals surface area contributed by atoms with Crippen LogP contribution < -0.4 is 5.73 Å². The number of hydrogen-bond acceptors (Lipinski definition) is 3. The maximum atomic E-state index is 5.93. The van der Waals surface area contributed by atoms with E-state index in [2.05, 4.69) is 23.0 Å². The second kappa shape index (κ2) is 5.41. The predicted molar refractivity (Wildman–Crippen MR) is 66.3 cm³/mol. The van der Waals surface area contributed by atoms with E-state index < -0.39 is 0 Å². The molecule has 2 heterocycles. The van der Waals surface area contributed by atoms with Crippen molar-refractivity contribution in [2.24, 2.45) is 11.7 Å². The number of nitrogens with two attached hydrogens (primary N) is 1. The Balaban J connectivity index is 2.10. The molecule has 88 valence electrons. The molecular weight excluding hydrogens is 198 g/mol. The van der Waals surface area contributed by atoms with E-state index in [1.54, 1.807) is 0 Å². The van der Waals surface area contributed by atoms with Crippen molar-refractivity contribution in [3.63, 3.8) is 0 Å². The van der Waals surface area contributed by atoms with E-state index >= 15 is 0 Å². The molecule has 3 nitrogen and oxygen atoms in total. The molecule has 0 radical (unpaired) electrons. The second-order valence-electron chi connectivity index (χ2n) is 4.79. The van der Waals surface area contributed by atoms with Gasteiger partial charge in [0, 0.05) is 24.9 Å². The van der Waals surface area contributed by atoms with Crippen molar-refractivity contribution in [1.29, 1.82) is 0 Å². The molecule has 0 bridgehead atoms. The van der Waals surface area contributed by atoms with Crippen LogP contribution in [-0.2, 0) is 0 Å². The fourth-order valence-corrected chi connectivity index (χ4v) is 2.73. The first-order valence-electron chi connectivity index (χ1n) is 6.10. The first kappa shape index (κ1) is 11.6. The van der Waals surface area contributed by atoms with Gasteiger partial charge in [-0.3, -0.25) is 4.98 Å². The molecule has 0 saturated carbocycles. The van der Waals surface area contributed by atoms with E-state index in [0.29, 0.717) is 11.8 Å². The summed E-state index contributed by atoms with van der Waals surface area (Å²) in [4.78, 5) is 6.61. The molecule has 0 spiro atoms. The topological polar surface area (TPSA) is 42.1 Å². The van der Waals surface area contributed by atoms with Gasteiger partial charge in [0.05, 0.1) is 0 Å². The molecule has 0 aliphatic carbocycles. The van der Waals surface area contributed by atoms with Crippen LogP contribution in [0.4, 0.5) is 0 Å². The Labute approximate surface area is 97.7 Å². The van der Waals surface area contributed by atoms with Gasteiger partial charge in [0.25, 0.3) is 0 Å². The van der Waals surface area contributed by atoms with E-state index in [1.165, 1.54) is 24.9 Å². The minimum atomic E-state index is 0.469. The molecule has 2 atom stereocenters. The zero-order valence-corrected chi connectivity index (χ0v) is 9.97. The smallest absolute Gasteiger partial charge is 0.0303 e. The van der Waals surface area contributed by atoms with Crippen LogP contribution in [-0.4, -0.2) is 36.6 Å². The number of likely N-dealkylation sites (tertiary alicyclic amines) is 1. The predicted octanol–water partition coefficient (Wildman–Crippen LogP) is 1.47. The molecule has 2 N–H and O–H groups in total. The second-order valence-corrected chi connectivity index (χ2v) is 4.79. The third kappa shape index (κ3) is 2.60. The fraction of sp³-hybridized carbons (Fsp3) is 0.615. The normalized spacial score (nSPS) is 24.2. The van der Waals surface area contributed by atoms with Crippen molar-refractivity contribution in [2.75, 3.05) is 26.7 Å². The van der Waals surface area contributed by atoms with Crippen LogP contribution in [0, 0.1) is 5.92 Å². The Morgan fingerprint density at radius 3 is 3.12 bits per heavy atom. The van der Waals surface area contributed by atoms with E-state index in [0.717, 1.165) is 13.1 Å². The lowest BCUT2D eigenvalue weighted by atomic mass is 9.82. The van der Waals surface area contributed by atoms with Crippen LogP contribution in [0.1, 0.15) is 24.3 Å². The Bertz CT molecular complexity index is 312. The first-order chi connectivity index (χ1) is 7.81. The summed E-state index contributed by atoms with van der Waals surface area (Å²) < 4.78 is 0. The lowest BCUT2D eigenvalue weighted by Gasteiger charge is -2.34. The summed E-state index contributed by atoms with van der Waals surface area (Å²) in [6, 6.07) is 4.16. The van der Waals surface area contributed by atoms with Crippen LogP contribution >= 0.6 is 0 Å². The van der Waals surface area contributed by atoms with Crippen molar-refractivity contribution in [3.05, 3.63) is 30.1 Å². The minimum Gasteiger partial charge on any atom is -0.330 e. The van der Waals surface area contributed by atoms with E-state index in [1.807, 2.05) is 18.5 Å². The summed E-state index contributed by atoms with van der Waals surface area (Å²) in [5.41, 5.74) is 7.23. The molecule has 2 rings (SSSR count). The lowest BCUT2D eigenvalue weighted by Crippen LogP contribution is -2.37. The molecule has 3 heteroatoms. The van der Waals surface area contributed by atoms with Crippen LogP contribution in [0.15, 0.2) is 24.5 Å². The summed E-state index contributed by atoms with van der Waals surface area (Å²) in [5.74, 6) is 1.16. The molecule has 1 aliphatic heterocycles. The molecule has 1 aliphatic rings. The number of rotatable bonds is 3. The van der Waals surface area contributed by atoms with Crippen molar-refractivity contribution < 1.29 is 0 Å². The molecule has 1 saturated heterocycles. The van der Waals surface area contributed by atoms with E-state index in [4.69, 9.17) is 5.73 Å². The Morgan fingerprint density at radius 1 is 1.62 bits per heavy atom. The average molecular weight is 219 g/mol. The van der Waals surface area contributed by atoms with Gasteiger partial charge >= 0.3 is 0 Å². The molecular formula is C13H21N3. The standard InChI is InChI=1S/C13H21N3/c1-16-7-3-5-12(10-16)13(8-14)11-4-2-6-15-9-11/h2,4,6,9,12-13H,3,5,7-8,10,14H2,1H3. The molecule has 1 aromatic rings. The van der Waals surface area contributed by atoms with Gasteiger partial charge in [-0.05, 0) is 50.5 Å². The third-order valence-corrected chi connectivity index (χ3v) is 3.60. The van der Waals surface area contributed by atoms with Gasteiger partial charge in [-0.2, -0.15) is 0 Å². The van der Waals surface area contributed by atoms with E-state index in [9.17, 15) is 0 Å². The summed E-state index contributed by atoms with van der Waals surface area (Å²) in [6.07, 6.45) is 6.37. The summed E-state index contributed by atoms with van der Waals surface area (Å²) in [6.45, 7) is 3.11. The van der Waals surface area contributed by atoms with Gasteiger partial charge in [0.1, 0.15) is 0 Å². The highest BCUT2D eigenvalue weighted by Crippen LogP contribution is 2.30. The van der Waals surface area contributed by atoms with Crippen LogP contribution in [0.2, 0.25) is 0 Å². The number of nitrogens with zero attached hydrogens (tertiary/aromatic N) is 2. The molecule has 0 aromatic carbocycles. The Kier molecular flexibility index (Phi) is 3.91. The summed E-state index contributed by atoms with van der Waals surface area (Å²) in [5, 5.41) is 0. The first-order valence-corrected chi connectivity index (χ1v) is 6.10. The number of pyridine rings is 1. The van der Waals surface area contributed by atoms with Gasteiger partial charge in [-0.1, -0.05) is 6.07 Å². The van der Waals surface area contributed by atoms with Gasteiger partial charge in [-0.25, -0.2) is 0 Å². The lowest BCUT2D eigenvalue weighted by molar-refractivity contribution is 0.188. The highest BCUT2D eigenvalue weighted by molar-refractivity contribution is 5.16. The van der Waals surface area contributed by atoms with Gasteiger partial charge in [-0.15, -0.1) is 0 Å². The molecule has 16 heavy (non-hydrogen) atoms. The number of aromatic nitrogens is 1. The monoisotopic (exact) mass is 219 g/mol. The number of hydrogen-bond donors (Lipinski definition) is 1. The maximum absolute atomic E-state index is 5.93. The average Bonchev–Trinajstić information content (AvgIpc) is 2.31. The SMILES string of the molecule is CN1CCCC(C(CN)c2cccnc2)C1. The van der Waals surface area contributed by atoms with Crippen molar-refractivity contribution in [2.45, 2.75) is 18.8 Å². The van der Waals surface area contributed by atoms with Crippen LogP contribution in [0.3, 0.4) is 0 Å². The quantitative estimate of drug-likeness (QED) is 0.837. The largest absolute Gasteiger partial charge is 0.330 e. The Hall–Kier alpha value is -0.930. The van der Waals surface area contributed by atoms with E-state index in [-0.39, 0.29) is 0 Å². The zero-order chi connectivity index (χ0) is 11.4. The Morgan fingerprint density at radius 2 is 2.50 bits per heavy atom. The van der Waals surface area contributed by atoms with Crippen molar-refractivity contribution in [3.8, 4) is 0 Å². The number of piperidine rings is 1. The molecule has 1 fully saturated rings. The summed E-state index contributed by atoms with van der Waals surface area (Å²) >= 11 is 0. The van der Waals surface area contributed by atoms with Gasteiger partial charge in [0.15, 0.2) is 0 Å². The highest BCUT2D eigenvalue weighted by Gasteiger charge is 2.26. The van der Waals surface area contributed by atoms with Gasteiger partial charge < -0.3 is 10.6 Å². The van der Waals surface area contributed by atoms with Gasteiger partial charge in [0.2, 0.25) is 0 Å². The van der Waals surface area contributed by atoms with Crippen molar-refractivity contribution in [1.82, 2.24) is 9.88 Å². The summed E-state index contributed by atoms with van der Waals surface area (Å²) in [7, 11) is 2.20. The molecule has 1 aromatic heterocycles. The molecule has 2 unspecified atom stereocenters. The fourth-order valence-electron chi connectivity index (χ4n) is 2.73. The minimum absolute atomic E-state index is 0.469. The van der Waals surface area contributed by atoms with Crippen molar-refractivity contribution >= 4 is 0 Å². The maximum Gasteiger partial charge on any atom is 0.0303 e. The third-order valence-electron chi connectivity index (χ3n) is 3.60. The van der Waals surface area contributed by atoms with Crippen LogP contribution in [0.25, 0.3) is 0 Å². The zero-order valence-electron chi connectivity index (χ0n) is 9.97. The molecule has 0 amide bonds. The van der Waals surface area contributed by atoms with Crippen LogP contribution in [0.5, 0.6) is 0 Å².